The Morgan fingerprint density at radius 2 is 2.44 bits per heavy atom. The third-order valence-corrected chi connectivity index (χ3v) is 3.46. The summed E-state index contributed by atoms with van der Waals surface area (Å²) in [5.74, 6) is 0. The first-order valence-electron chi connectivity index (χ1n) is 5.86. The molecule has 0 bridgehead atoms. The molecule has 2 aromatic rings. The predicted octanol–water partition coefficient (Wildman–Crippen LogP) is 1.30. The normalized spacial score (nSPS) is 25.1. The van der Waals surface area contributed by atoms with Crippen molar-refractivity contribution in [3.8, 4) is 6.07 Å². The number of hydrogen-bond donors (Lipinski definition) is 1. The van der Waals surface area contributed by atoms with E-state index in [1.807, 2.05) is 28.8 Å². The minimum Gasteiger partial charge on any atom is -0.385 e. The zero-order chi connectivity index (χ0) is 12.6. The molecule has 0 amide bonds. The highest BCUT2D eigenvalue weighted by molar-refractivity contribution is 5.40. The van der Waals surface area contributed by atoms with Gasteiger partial charge in [0.05, 0.1) is 18.4 Å². The number of ether oxygens (including phenoxy) is 1. The monoisotopic (exact) mass is 243 g/mol. The number of aliphatic hydroxyl groups is 1. The summed E-state index contributed by atoms with van der Waals surface area (Å²) in [5, 5.41) is 19.7. The van der Waals surface area contributed by atoms with Crippen LogP contribution in [0.5, 0.6) is 0 Å². The van der Waals surface area contributed by atoms with E-state index in [9.17, 15) is 10.4 Å². The quantitative estimate of drug-likeness (QED) is 0.863. The largest absolute Gasteiger partial charge is 0.385 e. The highest BCUT2D eigenvalue weighted by Gasteiger charge is 2.44. The summed E-state index contributed by atoms with van der Waals surface area (Å²) in [6, 6.07) is 7.84. The Hall–Kier alpha value is -1.90. The Kier molecular flexibility index (Phi) is 2.54. The van der Waals surface area contributed by atoms with Gasteiger partial charge in [-0.15, -0.1) is 0 Å². The van der Waals surface area contributed by atoms with Gasteiger partial charge in [0.15, 0.2) is 0 Å². The van der Waals surface area contributed by atoms with Crippen molar-refractivity contribution in [2.24, 2.45) is 5.41 Å². The fraction of sp³-hybridized carbons (Fsp3) is 0.385. The summed E-state index contributed by atoms with van der Waals surface area (Å²) in [7, 11) is 0. The van der Waals surface area contributed by atoms with Gasteiger partial charge in [0, 0.05) is 19.0 Å². The Labute approximate surface area is 104 Å². The van der Waals surface area contributed by atoms with E-state index in [0.29, 0.717) is 18.7 Å². The number of imidazole rings is 1. The molecule has 5 nitrogen and oxygen atoms in total. The summed E-state index contributed by atoms with van der Waals surface area (Å²) in [4.78, 5) is 4.36. The molecule has 0 spiro atoms. The van der Waals surface area contributed by atoms with Crippen LogP contribution in [-0.2, 0) is 4.74 Å². The van der Waals surface area contributed by atoms with Crippen LogP contribution in [0.15, 0.2) is 30.6 Å². The van der Waals surface area contributed by atoms with Crippen LogP contribution >= 0.6 is 0 Å². The van der Waals surface area contributed by atoms with E-state index < -0.39 is 11.5 Å². The number of nitrogens with zero attached hydrogens (tertiary/aromatic N) is 3. The van der Waals surface area contributed by atoms with Crippen LogP contribution in [0.4, 0.5) is 0 Å². The molecule has 0 saturated carbocycles. The fourth-order valence-electron chi connectivity index (χ4n) is 2.31. The molecule has 2 unspecified atom stereocenters. The smallest absolute Gasteiger partial charge is 0.137 e. The van der Waals surface area contributed by atoms with Crippen LogP contribution in [0.2, 0.25) is 0 Å². The molecule has 18 heavy (non-hydrogen) atoms. The molecule has 3 rings (SSSR count). The molecular formula is C13H13N3O2. The van der Waals surface area contributed by atoms with Crippen LogP contribution in [0.3, 0.4) is 0 Å². The van der Waals surface area contributed by atoms with E-state index in [0.717, 1.165) is 5.65 Å². The Morgan fingerprint density at radius 1 is 1.56 bits per heavy atom. The van der Waals surface area contributed by atoms with Gasteiger partial charge in [0.2, 0.25) is 0 Å². The fourth-order valence-corrected chi connectivity index (χ4v) is 2.31. The predicted molar refractivity (Wildman–Crippen MR) is 63.6 cm³/mol. The maximum atomic E-state index is 10.4. The second kappa shape index (κ2) is 4.09. The van der Waals surface area contributed by atoms with Crippen molar-refractivity contribution in [3.05, 3.63) is 36.3 Å². The summed E-state index contributed by atoms with van der Waals surface area (Å²) in [5.41, 5.74) is 0.421. The van der Waals surface area contributed by atoms with Crippen molar-refractivity contribution in [3.63, 3.8) is 0 Å². The highest BCUT2D eigenvalue weighted by Crippen LogP contribution is 2.40. The molecule has 3 heterocycles. The molecule has 2 atom stereocenters. The van der Waals surface area contributed by atoms with Gasteiger partial charge >= 0.3 is 0 Å². The van der Waals surface area contributed by atoms with E-state index >= 15 is 0 Å². The summed E-state index contributed by atoms with van der Waals surface area (Å²) < 4.78 is 7.08. The molecular weight excluding hydrogens is 230 g/mol. The van der Waals surface area contributed by atoms with E-state index in [4.69, 9.17) is 4.74 Å². The van der Waals surface area contributed by atoms with Crippen LogP contribution in [0.1, 0.15) is 18.2 Å². The van der Waals surface area contributed by atoms with E-state index in [1.54, 1.807) is 6.20 Å². The number of nitriles is 1. The molecule has 92 valence electrons. The summed E-state index contributed by atoms with van der Waals surface area (Å²) in [6.45, 7) is 0.774. The van der Waals surface area contributed by atoms with Crippen molar-refractivity contribution < 1.29 is 9.84 Å². The molecule has 0 radical (unpaired) electrons. The number of aromatic nitrogens is 2. The van der Waals surface area contributed by atoms with Gasteiger partial charge in [-0.2, -0.15) is 5.26 Å². The van der Waals surface area contributed by atoms with E-state index in [1.165, 1.54) is 0 Å². The first kappa shape index (κ1) is 11.2. The molecule has 0 aromatic carbocycles. The molecule has 5 heteroatoms. The van der Waals surface area contributed by atoms with Crippen molar-refractivity contribution >= 4 is 5.65 Å². The second-order valence-corrected chi connectivity index (χ2v) is 4.60. The minimum absolute atomic E-state index is 0.262. The van der Waals surface area contributed by atoms with E-state index in [2.05, 4.69) is 11.1 Å². The Bertz CT molecular complexity index is 575. The van der Waals surface area contributed by atoms with Crippen molar-refractivity contribution in [1.29, 1.82) is 5.26 Å². The van der Waals surface area contributed by atoms with Gasteiger partial charge in [0.1, 0.15) is 17.2 Å². The lowest BCUT2D eigenvalue weighted by Crippen LogP contribution is -2.28. The average Bonchev–Trinajstić information content (AvgIpc) is 3.05. The first-order valence-corrected chi connectivity index (χ1v) is 5.86. The van der Waals surface area contributed by atoms with Crippen molar-refractivity contribution in [1.82, 2.24) is 9.38 Å². The Morgan fingerprint density at radius 3 is 3.11 bits per heavy atom. The molecule has 1 fully saturated rings. The zero-order valence-corrected chi connectivity index (χ0v) is 9.78. The number of aliphatic hydroxyl groups excluding tert-OH is 1. The lowest BCUT2D eigenvalue weighted by molar-refractivity contribution is 0.0477. The van der Waals surface area contributed by atoms with Crippen molar-refractivity contribution in [2.45, 2.75) is 12.5 Å². The second-order valence-electron chi connectivity index (χ2n) is 4.60. The third kappa shape index (κ3) is 1.58. The number of pyridine rings is 1. The number of fused-ring (bicyclic) bond motifs is 1. The summed E-state index contributed by atoms with van der Waals surface area (Å²) in [6.07, 6.45) is 3.25. The van der Waals surface area contributed by atoms with Crippen LogP contribution in [0, 0.1) is 16.7 Å². The third-order valence-electron chi connectivity index (χ3n) is 3.46. The maximum absolute atomic E-state index is 10.4. The SMILES string of the molecule is N#CC1(C(O)c2cn3ccccc3n2)CCOC1. The number of rotatable bonds is 2. The van der Waals surface area contributed by atoms with Gasteiger partial charge in [0.25, 0.3) is 0 Å². The molecule has 2 aromatic heterocycles. The first-order chi connectivity index (χ1) is 8.75. The molecule has 1 saturated heterocycles. The highest BCUT2D eigenvalue weighted by atomic mass is 16.5. The number of hydrogen-bond acceptors (Lipinski definition) is 4. The van der Waals surface area contributed by atoms with Gasteiger partial charge in [-0.25, -0.2) is 4.98 Å². The maximum Gasteiger partial charge on any atom is 0.137 e. The van der Waals surface area contributed by atoms with Gasteiger partial charge < -0.3 is 14.2 Å². The standard InChI is InChI=1S/C13H13N3O2/c14-8-13(4-6-18-9-13)12(17)10-7-16-5-2-1-3-11(16)15-10/h1-3,5,7,12,17H,4,6,9H2. The molecule has 1 aliphatic rings. The summed E-state index contributed by atoms with van der Waals surface area (Å²) >= 11 is 0. The lowest BCUT2D eigenvalue weighted by Gasteiger charge is -2.23. The van der Waals surface area contributed by atoms with Crippen LogP contribution in [-0.4, -0.2) is 27.7 Å². The van der Waals surface area contributed by atoms with Gasteiger partial charge in [-0.3, -0.25) is 0 Å². The van der Waals surface area contributed by atoms with Gasteiger partial charge in [-0.1, -0.05) is 6.07 Å². The average molecular weight is 243 g/mol. The lowest BCUT2D eigenvalue weighted by atomic mass is 9.81. The minimum atomic E-state index is -0.912. The van der Waals surface area contributed by atoms with Crippen LogP contribution < -0.4 is 0 Å². The molecule has 1 aliphatic heterocycles. The molecule has 0 aliphatic carbocycles. The van der Waals surface area contributed by atoms with Crippen molar-refractivity contribution in [2.75, 3.05) is 13.2 Å². The Balaban J connectivity index is 2.01. The van der Waals surface area contributed by atoms with Crippen LogP contribution in [0.25, 0.3) is 5.65 Å². The zero-order valence-electron chi connectivity index (χ0n) is 9.78. The molecule has 1 N–H and O–H groups in total. The van der Waals surface area contributed by atoms with Gasteiger partial charge in [-0.05, 0) is 18.6 Å². The topological polar surface area (TPSA) is 70.5 Å². The van der Waals surface area contributed by atoms with E-state index in [-0.39, 0.29) is 6.61 Å².